The number of ether oxygens (including phenoxy) is 7. The second-order valence-electron chi connectivity index (χ2n) is 12.5. The molecule has 5 aliphatic heterocycles. The zero-order chi connectivity index (χ0) is 26.5. The normalized spacial score (nSPS) is 56.3. The fourth-order valence-electron chi connectivity index (χ4n) is 8.03. The average Bonchev–Trinajstić information content (AvgIpc) is 3.74. The van der Waals surface area contributed by atoms with E-state index in [9.17, 15) is 9.59 Å². The van der Waals surface area contributed by atoms with Crippen molar-refractivity contribution in [3.8, 4) is 0 Å². The highest BCUT2D eigenvalue weighted by Crippen LogP contribution is 2.75. The highest BCUT2D eigenvalue weighted by Gasteiger charge is 2.86. The largest absolute Gasteiger partial charge is 0.462 e. The molecule has 9 heteroatoms. The summed E-state index contributed by atoms with van der Waals surface area (Å²) in [6.45, 7) is 8.74. The quantitative estimate of drug-likeness (QED) is 0.347. The van der Waals surface area contributed by atoms with Gasteiger partial charge in [-0.3, -0.25) is 0 Å². The predicted octanol–water partition coefficient (Wildman–Crippen LogP) is 2.92. The van der Waals surface area contributed by atoms with Crippen molar-refractivity contribution in [2.75, 3.05) is 13.2 Å². The van der Waals surface area contributed by atoms with Gasteiger partial charge >= 0.3 is 11.9 Å². The molecule has 0 aromatic carbocycles. The van der Waals surface area contributed by atoms with E-state index < -0.39 is 40.8 Å². The van der Waals surface area contributed by atoms with Crippen molar-refractivity contribution in [2.45, 2.75) is 107 Å². The molecule has 0 amide bonds. The van der Waals surface area contributed by atoms with Crippen LogP contribution < -0.4 is 0 Å². The first kappa shape index (κ1) is 25.0. The smallest absolute Gasteiger partial charge is 0.331 e. The van der Waals surface area contributed by atoms with Gasteiger partial charge in [0.05, 0.1) is 35.9 Å². The summed E-state index contributed by atoms with van der Waals surface area (Å²) in [4.78, 5) is 26.1. The molecule has 0 radical (unpaired) electrons. The molecule has 4 bridgehead atoms. The number of carbonyl (C=O) groups is 2. The lowest BCUT2D eigenvalue weighted by atomic mass is 9.50. The number of carbonyl (C=O) groups excluding carboxylic acids is 2. The topological polar surface area (TPSA) is 105 Å². The third kappa shape index (κ3) is 3.41. The SMILES string of the molecule is C/C1=C\C(=O)OC[C@]23CC[C@@]4(C)O[C@H]4[C@H]2O[C@@H]2C[C@@H](OC(=O)/C=C\C=C\C4OC(C1)OC4C)[C@@]3(C)C21CO1. The van der Waals surface area contributed by atoms with E-state index >= 15 is 0 Å². The zero-order valence-electron chi connectivity index (χ0n) is 22.3. The van der Waals surface area contributed by atoms with E-state index in [2.05, 4.69) is 13.8 Å². The van der Waals surface area contributed by atoms with Gasteiger partial charge in [-0.2, -0.15) is 0 Å². The van der Waals surface area contributed by atoms with Crippen molar-refractivity contribution in [3.05, 3.63) is 36.0 Å². The summed E-state index contributed by atoms with van der Waals surface area (Å²) in [5, 5.41) is 0. The molecule has 6 fully saturated rings. The van der Waals surface area contributed by atoms with Crippen molar-refractivity contribution in [2.24, 2.45) is 10.8 Å². The van der Waals surface area contributed by atoms with Crippen LogP contribution in [0, 0.1) is 10.8 Å². The maximum absolute atomic E-state index is 13.1. The number of fused-ring (bicyclic) bond motifs is 4. The van der Waals surface area contributed by atoms with Gasteiger partial charge in [-0.05, 0) is 33.6 Å². The van der Waals surface area contributed by atoms with Gasteiger partial charge < -0.3 is 33.2 Å². The third-order valence-electron chi connectivity index (χ3n) is 10.5. The molecule has 4 saturated heterocycles. The average molecular weight is 529 g/mol. The molecule has 9 nitrogen and oxygen atoms in total. The first-order chi connectivity index (χ1) is 18.1. The second-order valence-corrected chi connectivity index (χ2v) is 12.5. The molecule has 5 heterocycles. The molecule has 11 atom stereocenters. The van der Waals surface area contributed by atoms with E-state index in [0.717, 1.165) is 12.0 Å². The molecule has 4 unspecified atom stereocenters. The van der Waals surface area contributed by atoms with Gasteiger partial charge in [-0.1, -0.05) is 30.7 Å². The molecular weight excluding hydrogens is 492 g/mol. The lowest BCUT2D eigenvalue weighted by Gasteiger charge is -2.58. The van der Waals surface area contributed by atoms with Crippen molar-refractivity contribution in [1.82, 2.24) is 0 Å². The number of epoxide rings is 2. The molecule has 2 saturated carbocycles. The zero-order valence-corrected chi connectivity index (χ0v) is 22.3. The Hall–Kier alpha value is -2.04. The molecule has 0 aromatic heterocycles. The van der Waals surface area contributed by atoms with Crippen molar-refractivity contribution < 1.29 is 42.7 Å². The maximum atomic E-state index is 13.1. The van der Waals surface area contributed by atoms with Crippen molar-refractivity contribution in [1.29, 1.82) is 0 Å². The lowest BCUT2D eigenvalue weighted by Crippen LogP contribution is -2.69. The summed E-state index contributed by atoms with van der Waals surface area (Å²) < 4.78 is 43.2. The first-order valence-electron chi connectivity index (χ1n) is 13.8. The van der Waals surface area contributed by atoms with E-state index in [0.29, 0.717) is 25.9 Å². The van der Waals surface area contributed by atoms with Crippen LogP contribution in [0.3, 0.4) is 0 Å². The molecule has 7 aliphatic rings. The maximum Gasteiger partial charge on any atom is 0.331 e. The number of esters is 2. The van der Waals surface area contributed by atoms with E-state index in [1.165, 1.54) is 12.2 Å². The summed E-state index contributed by atoms with van der Waals surface area (Å²) in [5.74, 6) is -0.847. The fourth-order valence-corrected chi connectivity index (χ4v) is 8.03. The third-order valence-corrected chi connectivity index (χ3v) is 10.5. The summed E-state index contributed by atoms with van der Waals surface area (Å²) in [6, 6.07) is 0. The van der Waals surface area contributed by atoms with E-state index in [-0.39, 0.29) is 42.7 Å². The molecule has 206 valence electrons. The van der Waals surface area contributed by atoms with Crippen LogP contribution in [0.5, 0.6) is 0 Å². The van der Waals surface area contributed by atoms with Crippen LogP contribution in [-0.4, -0.2) is 79.3 Å². The standard InChI is InChI=1S/C29H36O9/c1-16-11-22(31)32-14-28-10-9-26(3)24(38-26)25(28)37-20-13-19(27(28,4)29(20)15-33-29)36-21(30)8-6-5-7-18-17(2)34-23(12-16)35-18/h5-8,11,17-20,23-25H,9-10,12-15H2,1-4H3/b7-5+,8-6-,16-11+/t17?,18?,19-,20-,23?,24+,25-,26-,27-,28-,29?/m1/s1. The molecule has 2 aliphatic carbocycles. The Morgan fingerprint density at radius 2 is 1.76 bits per heavy atom. The Balaban J connectivity index is 1.26. The van der Waals surface area contributed by atoms with Crippen LogP contribution in [0.15, 0.2) is 36.0 Å². The molecule has 0 aromatic rings. The summed E-state index contributed by atoms with van der Waals surface area (Å²) >= 11 is 0. The first-order valence-corrected chi connectivity index (χ1v) is 13.8. The Morgan fingerprint density at radius 1 is 0.947 bits per heavy atom. The number of rotatable bonds is 0. The van der Waals surface area contributed by atoms with Gasteiger partial charge in [-0.25, -0.2) is 9.59 Å². The van der Waals surface area contributed by atoms with Gasteiger partial charge in [0.1, 0.15) is 30.5 Å². The minimum atomic E-state index is -0.630. The van der Waals surface area contributed by atoms with Crippen LogP contribution >= 0.6 is 0 Å². The highest BCUT2D eigenvalue weighted by molar-refractivity contribution is 5.83. The Bertz CT molecular complexity index is 1140. The van der Waals surface area contributed by atoms with E-state index in [1.807, 2.05) is 19.9 Å². The molecule has 38 heavy (non-hydrogen) atoms. The minimum Gasteiger partial charge on any atom is -0.462 e. The number of cyclic esters (lactones) is 1. The summed E-state index contributed by atoms with van der Waals surface area (Å²) in [6.07, 6.45) is 8.88. The van der Waals surface area contributed by atoms with Gasteiger partial charge in [0, 0.05) is 30.4 Å². The molecule has 2 spiro atoms. The van der Waals surface area contributed by atoms with Crippen LogP contribution in [0.1, 0.15) is 53.4 Å². The second kappa shape index (κ2) is 8.24. The number of allylic oxidation sites excluding steroid dienone is 2. The molecule has 7 rings (SSSR count). The fraction of sp³-hybridized carbons (Fsp3) is 0.724. The van der Waals surface area contributed by atoms with Crippen molar-refractivity contribution >= 4 is 11.9 Å². The summed E-state index contributed by atoms with van der Waals surface area (Å²) in [5.41, 5.74) is -1.22. The monoisotopic (exact) mass is 528 g/mol. The number of hydrogen-bond donors (Lipinski definition) is 0. The van der Waals surface area contributed by atoms with E-state index in [1.54, 1.807) is 12.2 Å². The molecular formula is C29H36O9. The van der Waals surface area contributed by atoms with E-state index in [4.69, 9.17) is 33.2 Å². The van der Waals surface area contributed by atoms with Crippen LogP contribution in [0.2, 0.25) is 0 Å². The molecule has 0 N–H and O–H groups in total. The highest BCUT2D eigenvalue weighted by atomic mass is 16.7. The Labute approximate surface area is 222 Å². The van der Waals surface area contributed by atoms with Crippen LogP contribution in [-0.2, 0) is 42.7 Å². The Morgan fingerprint density at radius 3 is 2.55 bits per heavy atom. The Kier molecular flexibility index (Phi) is 5.41. The van der Waals surface area contributed by atoms with Gasteiger partial charge in [0.15, 0.2) is 6.29 Å². The number of hydrogen-bond acceptors (Lipinski definition) is 9. The van der Waals surface area contributed by atoms with Gasteiger partial charge in [0.25, 0.3) is 0 Å². The van der Waals surface area contributed by atoms with Gasteiger partial charge in [-0.15, -0.1) is 0 Å². The predicted molar refractivity (Wildman–Crippen MR) is 132 cm³/mol. The van der Waals surface area contributed by atoms with Crippen molar-refractivity contribution in [3.63, 3.8) is 0 Å². The van der Waals surface area contributed by atoms with Crippen LogP contribution in [0.25, 0.3) is 0 Å². The van der Waals surface area contributed by atoms with Gasteiger partial charge in [0.2, 0.25) is 0 Å². The lowest BCUT2D eigenvalue weighted by molar-refractivity contribution is -0.250. The minimum absolute atomic E-state index is 0.0888. The summed E-state index contributed by atoms with van der Waals surface area (Å²) in [7, 11) is 0. The van der Waals surface area contributed by atoms with Crippen LogP contribution in [0.4, 0.5) is 0 Å².